The first kappa shape index (κ1) is 15.6. The zero-order valence-electron chi connectivity index (χ0n) is 12.4. The molecule has 0 bridgehead atoms. The molecule has 8 heteroatoms. The van der Waals surface area contributed by atoms with Crippen molar-refractivity contribution in [3.05, 3.63) is 30.1 Å². The first-order chi connectivity index (χ1) is 10.4. The highest BCUT2D eigenvalue weighted by molar-refractivity contribution is 6.06. The van der Waals surface area contributed by atoms with Crippen LogP contribution in [0.3, 0.4) is 0 Å². The van der Waals surface area contributed by atoms with Crippen LogP contribution < -0.4 is 10.7 Å². The predicted octanol–water partition coefficient (Wildman–Crippen LogP) is 0.252. The van der Waals surface area contributed by atoms with Gasteiger partial charge in [0.1, 0.15) is 5.54 Å². The van der Waals surface area contributed by atoms with Crippen LogP contribution in [0, 0.1) is 0 Å². The Kier molecular flexibility index (Phi) is 4.50. The molecule has 4 amide bonds. The second-order valence-electron chi connectivity index (χ2n) is 5.31. The van der Waals surface area contributed by atoms with E-state index in [2.05, 4.69) is 20.8 Å². The van der Waals surface area contributed by atoms with Gasteiger partial charge in [0.2, 0.25) is 5.91 Å². The zero-order valence-corrected chi connectivity index (χ0v) is 12.4. The van der Waals surface area contributed by atoms with Gasteiger partial charge in [-0.15, -0.1) is 0 Å². The van der Waals surface area contributed by atoms with E-state index < -0.39 is 17.5 Å². The van der Waals surface area contributed by atoms with Gasteiger partial charge in [0.15, 0.2) is 0 Å². The molecule has 0 aromatic carbocycles. The number of amides is 4. The summed E-state index contributed by atoms with van der Waals surface area (Å²) in [6.45, 7) is 3.24. The van der Waals surface area contributed by atoms with Crippen LogP contribution in [0.1, 0.15) is 26.0 Å². The molecular formula is C14H17N5O3. The summed E-state index contributed by atoms with van der Waals surface area (Å²) < 4.78 is 0. The maximum absolute atomic E-state index is 11.9. The summed E-state index contributed by atoms with van der Waals surface area (Å²) in [5.74, 6) is -0.736. The maximum Gasteiger partial charge on any atom is 0.325 e. The number of pyridine rings is 1. The van der Waals surface area contributed by atoms with Gasteiger partial charge in [0, 0.05) is 19.2 Å². The van der Waals surface area contributed by atoms with Crippen LogP contribution in [0.25, 0.3) is 0 Å². The SMILES string of the molecule is CC1(C)NC(=O)N(CCC(=O)N/N=C\c2ccccn2)C1=O. The van der Waals surface area contributed by atoms with Crippen LogP contribution in [-0.2, 0) is 9.59 Å². The summed E-state index contributed by atoms with van der Waals surface area (Å²) in [6, 6.07) is 4.83. The quantitative estimate of drug-likeness (QED) is 0.462. The zero-order chi connectivity index (χ0) is 16.2. The molecule has 1 fully saturated rings. The predicted molar refractivity (Wildman–Crippen MR) is 78.9 cm³/mol. The lowest BCUT2D eigenvalue weighted by Crippen LogP contribution is -2.40. The highest BCUT2D eigenvalue weighted by atomic mass is 16.2. The van der Waals surface area contributed by atoms with Gasteiger partial charge in [-0.25, -0.2) is 10.2 Å². The van der Waals surface area contributed by atoms with E-state index in [0.29, 0.717) is 5.69 Å². The molecule has 1 aromatic rings. The third kappa shape index (κ3) is 3.66. The average Bonchev–Trinajstić information content (AvgIpc) is 2.66. The molecular weight excluding hydrogens is 286 g/mol. The first-order valence-corrected chi connectivity index (χ1v) is 6.77. The average molecular weight is 303 g/mol. The van der Waals surface area contributed by atoms with E-state index in [9.17, 15) is 14.4 Å². The van der Waals surface area contributed by atoms with E-state index in [4.69, 9.17) is 0 Å². The van der Waals surface area contributed by atoms with E-state index in [1.165, 1.54) is 6.21 Å². The van der Waals surface area contributed by atoms with E-state index in [0.717, 1.165) is 4.90 Å². The molecule has 1 aliphatic heterocycles. The molecule has 0 unspecified atom stereocenters. The fourth-order valence-corrected chi connectivity index (χ4v) is 1.91. The molecule has 1 saturated heterocycles. The molecule has 2 heterocycles. The smallest absolute Gasteiger partial charge is 0.324 e. The van der Waals surface area contributed by atoms with Gasteiger partial charge in [-0.1, -0.05) is 6.07 Å². The van der Waals surface area contributed by atoms with Gasteiger partial charge < -0.3 is 5.32 Å². The highest BCUT2D eigenvalue weighted by Gasteiger charge is 2.43. The number of carbonyl (C=O) groups is 3. The molecule has 0 radical (unpaired) electrons. The largest absolute Gasteiger partial charge is 0.325 e. The lowest BCUT2D eigenvalue weighted by molar-refractivity contribution is -0.130. The van der Waals surface area contributed by atoms with Crippen molar-refractivity contribution in [3.63, 3.8) is 0 Å². The van der Waals surface area contributed by atoms with Crippen molar-refractivity contribution in [2.75, 3.05) is 6.54 Å². The minimum atomic E-state index is -0.926. The van der Waals surface area contributed by atoms with Crippen molar-refractivity contribution in [1.82, 2.24) is 20.6 Å². The fourth-order valence-electron chi connectivity index (χ4n) is 1.91. The number of nitrogens with zero attached hydrogens (tertiary/aromatic N) is 3. The Morgan fingerprint density at radius 1 is 1.45 bits per heavy atom. The van der Waals surface area contributed by atoms with E-state index >= 15 is 0 Å². The van der Waals surface area contributed by atoms with Gasteiger partial charge in [0.05, 0.1) is 11.9 Å². The van der Waals surface area contributed by atoms with Crippen molar-refractivity contribution in [2.45, 2.75) is 25.8 Å². The summed E-state index contributed by atoms with van der Waals surface area (Å²) in [6.07, 6.45) is 3.01. The summed E-state index contributed by atoms with van der Waals surface area (Å²) in [4.78, 5) is 40.3. The third-order valence-electron chi connectivity index (χ3n) is 3.08. The van der Waals surface area contributed by atoms with Crippen molar-refractivity contribution in [2.24, 2.45) is 5.10 Å². The Labute approximate surface area is 127 Å². The van der Waals surface area contributed by atoms with E-state index in [-0.39, 0.29) is 18.9 Å². The number of urea groups is 1. The summed E-state index contributed by atoms with van der Waals surface area (Å²) in [7, 11) is 0. The molecule has 116 valence electrons. The molecule has 0 saturated carbocycles. The number of hydrogen-bond acceptors (Lipinski definition) is 5. The molecule has 0 atom stereocenters. The molecule has 2 rings (SSSR count). The standard InChI is InChI=1S/C14H17N5O3/c1-14(2)12(21)19(13(22)17-14)8-6-11(20)18-16-9-10-5-3-4-7-15-10/h3-5,7,9H,6,8H2,1-2H3,(H,17,22)(H,18,20)/b16-9-. The lowest BCUT2D eigenvalue weighted by Gasteiger charge is -2.15. The monoisotopic (exact) mass is 303 g/mol. The Balaban J connectivity index is 1.80. The molecule has 0 aliphatic carbocycles. The third-order valence-corrected chi connectivity index (χ3v) is 3.08. The minimum absolute atomic E-state index is 0.0129. The Hall–Kier alpha value is -2.77. The van der Waals surface area contributed by atoms with E-state index in [1.54, 1.807) is 38.2 Å². The second-order valence-corrected chi connectivity index (χ2v) is 5.31. The Morgan fingerprint density at radius 2 is 2.23 bits per heavy atom. The van der Waals surface area contributed by atoms with E-state index in [1.807, 2.05) is 0 Å². The van der Waals surface area contributed by atoms with Crippen molar-refractivity contribution < 1.29 is 14.4 Å². The van der Waals surface area contributed by atoms with Crippen LogP contribution in [0.5, 0.6) is 0 Å². The molecule has 2 N–H and O–H groups in total. The van der Waals surface area contributed by atoms with Crippen molar-refractivity contribution >= 4 is 24.1 Å². The summed E-state index contributed by atoms with van der Waals surface area (Å²) in [5, 5.41) is 6.31. The number of imide groups is 1. The van der Waals surface area contributed by atoms with Gasteiger partial charge in [-0.2, -0.15) is 5.10 Å². The van der Waals surface area contributed by atoms with Crippen LogP contribution in [0.4, 0.5) is 4.79 Å². The first-order valence-electron chi connectivity index (χ1n) is 6.77. The number of hydrogen-bond donors (Lipinski definition) is 2. The number of nitrogens with one attached hydrogen (secondary N) is 2. The Bertz CT molecular complexity index is 612. The molecule has 1 aliphatic rings. The van der Waals surface area contributed by atoms with Crippen LogP contribution >= 0.6 is 0 Å². The molecule has 0 spiro atoms. The molecule has 1 aromatic heterocycles. The lowest BCUT2D eigenvalue weighted by atomic mass is 10.1. The van der Waals surface area contributed by atoms with Crippen LogP contribution in [0.15, 0.2) is 29.5 Å². The van der Waals surface area contributed by atoms with Crippen molar-refractivity contribution in [1.29, 1.82) is 0 Å². The van der Waals surface area contributed by atoms with Gasteiger partial charge in [-0.3, -0.25) is 19.5 Å². The highest BCUT2D eigenvalue weighted by Crippen LogP contribution is 2.16. The molecule has 8 nitrogen and oxygen atoms in total. The molecule has 22 heavy (non-hydrogen) atoms. The van der Waals surface area contributed by atoms with Gasteiger partial charge >= 0.3 is 6.03 Å². The van der Waals surface area contributed by atoms with Gasteiger partial charge in [-0.05, 0) is 26.0 Å². The summed E-state index contributed by atoms with van der Waals surface area (Å²) >= 11 is 0. The van der Waals surface area contributed by atoms with Crippen LogP contribution in [0.2, 0.25) is 0 Å². The second kappa shape index (κ2) is 6.33. The maximum atomic E-state index is 11.9. The Morgan fingerprint density at radius 3 is 2.82 bits per heavy atom. The fraction of sp³-hybridized carbons (Fsp3) is 0.357. The number of rotatable bonds is 5. The topological polar surface area (TPSA) is 104 Å². The minimum Gasteiger partial charge on any atom is -0.324 e. The number of carbonyl (C=O) groups excluding carboxylic acids is 3. The van der Waals surface area contributed by atoms with Crippen LogP contribution in [-0.4, -0.2) is 46.0 Å². The van der Waals surface area contributed by atoms with Crippen molar-refractivity contribution in [3.8, 4) is 0 Å². The summed E-state index contributed by atoms with van der Waals surface area (Å²) in [5.41, 5.74) is 2.01. The number of hydrazone groups is 1. The normalized spacial score (nSPS) is 16.9. The number of aromatic nitrogens is 1. The van der Waals surface area contributed by atoms with Gasteiger partial charge in [0.25, 0.3) is 5.91 Å².